The van der Waals surface area contributed by atoms with E-state index in [1.807, 2.05) is 31.2 Å². The fraction of sp³-hybridized carbons (Fsp3) is 0.348. The number of amides is 3. The molecule has 0 saturated carbocycles. The maximum atomic E-state index is 12.3. The predicted molar refractivity (Wildman–Crippen MR) is 117 cm³/mol. The lowest BCUT2D eigenvalue weighted by Crippen LogP contribution is -2.36. The first-order valence-corrected chi connectivity index (χ1v) is 10.2. The first-order valence-electron chi connectivity index (χ1n) is 10.2. The smallest absolute Gasteiger partial charge is 0.262 e. The van der Waals surface area contributed by atoms with E-state index in [2.05, 4.69) is 10.6 Å². The van der Waals surface area contributed by atoms with Gasteiger partial charge in [0.05, 0.1) is 12.0 Å². The van der Waals surface area contributed by atoms with Crippen molar-refractivity contribution < 1.29 is 24.2 Å². The number of hydrogen-bond acceptors (Lipinski definition) is 5. The van der Waals surface area contributed by atoms with Gasteiger partial charge < -0.3 is 25.4 Å². The number of anilines is 2. The number of aliphatic hydroxyl groups excluding tert-OH is 1. The average Bonchev–Trinajstić information content (AvgIpc) is 3.12. The first kappa shape index (κ1) is 22.3. The lowest BCUT2D eigenvalue weighted by Gasteiger charge is -2.17. The van der Waals surface area contributed by atoms with Crippen LogP contribution in [0.2, 0.25) is 0 Å². The number of ether oxygens (including phenoxy) is 1. The number of aryl methyl sites for hydroxylation is 1. The quantitative estimate of drug-likeness (QED) is 0.598. The highest BCUT2D eigenvalue weighted by atomic mass is 16.5. The van der Waals surface area contributed by atoms with Gasteiger partial charge in [0.15, 0.2) is 6.61 Å². The minimum Gasteiger partial charge on any atom is -0.484 e. The third-order valence-electron chi connectivity index (χ3n) is 4.89. The number of aliphatic hydroxyl groups is 1. The Balaban J connectivity index is 1.51. The topological polar surface area (TPSA) is 108 Å². The van der Waals surface area contributed by atoms with Gasteiger partial charge >= 0.3 is 0 Å². The van der Waals surface area contributed by atoms with Gasteiger partial charge in [0.1, 0.15) is 5.75 Å². The van der Waals surface area contributed by atoms with Crippen LogP contribution in [0.15, 0.2) is 48.5 Å². The highest BCUT2D eigenvalue weighted by Crippen LogP contribution is 2.27. The summed E-state index contributed by atoms with van der Waals surface area (Å²) >= 11 is 0. The van der Waals surface area contributed by atoms with Gasteiger partial charge in [-0.15, -0.1) is 0 Å². The van der Waals surface area contributed by atoms with Crippen LogP contribution in [-0.4, -0.2) is 48.6 Å². The SMILES string of the molecule is Cc1cccc(NC(=O)COc2ccc(N3C[C@@H](C(=O)NC[C@@H](C)O)CC3=O)cc2)c1. The second-order valence-corrected chi connectivity index (χ2v) is 7.70. The van der Waals surface area contributed by atoms with E-state index >= 15 is 0 Å². The maximum Gasteiger partial charge on any atom is 0.262 e. The molecule has 164 valence electrons. The second-order valence-electron chi connectivity index (χ2n) is 7.70. The van der Waals surface area contributed by atoms with E-state index in [0.717, 1.165) is 5.56 Å². The summed E-state index contributed by atoms with van der Waals surface area (Å²) in [5.74, 6) is -0.594. The molecular formula is C23H27N3O5. The molecule has 1 saturated heterocycles. The van der Waals surface area contributed by atoms with Crippen LogP contribution in [-0.2, 0) is 14.4 Å². The summed E-state index contributed by atoms with van der Waals surface area (Å²) in [6.45, 7) is 3.84. The van der Waals surface area contributed by atoms with Crippen LogP contribution in [0, 0.1) is 12.8 Å². The fourth-order valence-corrected chi connectivity index (χ4v) is 3.32. The van der Waals surface area contributed by atoms with Crippen molar-refractivity contribution in [1.29, 1.82) is 0 Å². The van der Waals surface area contributed by atoms with Gasteiger partial charge in [0.2, 0.25) is 11.8 Å². The van der Waals surface area contributed by atoms with Crippen molar-refractivity contribution in [3.05, 3.63) is 54.1 Å². The molecular weight excluding hydrogens is 398 g/mol. The maximum absolute atomic E-state index is 12.3. The van der Waals surface area contributed by atoms with Crippen molar-refractivity contribution in [3.63, 3.8) is 0 Å². The molecule has 2 atom stereocenters. The van der Waals surface area contributed by atoms with Gasteiger partial charge in [0, 0.05) is 30.9 Å². The van der Waals surface area contributed by atoms with E-state index in [1.54, 1.807) is 36.1 Å². The molecule has 3 N–H and O–H groups in total. The fourth-order valence-electron chi connectivity index (χ4n) is 3.32. The molecule has 0 bridgehead atoms. The first-order chi connectivity index (χ1) is 14.8. The molecule has 8 nitrogen and oxygen atoms in total. The Morgan fingerprint density at radius 2 is 1.97 bits per heavy atom. The zero-order valence-electron chi connectivity index (χ0n) is 17.6. The third-order valence-corrected chi connectivity index (χ3v) is 4.89. The van der Waals surface area contributed by atoms with Crippen LogP contribution in [0.1, 0.15) is 18.9 Å². The molecule has 2 aromatic carbocycles. The van der Waals surface area contributed by atoms with Crippen molar-refractivity contribution in [2.45, 2.75) is 26.4 Å². The van der Waals surface area contributed by atoms with Crippen LogP contribution in [0.5, 0.6) is 5.75 Å². The van der Waals surface area contributed by atoms with Crippen molar-refractivity contribution in [2.24, 2.45) is 5.92 Å². The van der Waals surface area contributed by atoms with Gasteiger partial charge in [-0.25, -0.2) is 0 Å². The summed E-state index contributed by atoms with van der Waals surface area (Å²) in [6.07, 6.45) is -0.508. The Bertz CT molecular complexity index is 942. The van der Waals surface area contributed by atoms with E-state index in [-0.39, 0.29) is 43.8 Å². The number of carbonyl (C=O) groups is 3. The van der Waals surface area contributed by atoms with E-state index in [9.17, 15) is 19.5 Å². The summed E-state index contributed by atoms with van der Waals surface area (Å²) in [5.41, 5.74) is 2.42. The van der Waals surface area contributed by atoms with Gasteiger partial charge in [-0.1, -0.05) is 12.1 Å². The van der Waals surface area contributed by atoms with Crippen molar-refractivity contribution in [2.75, 3.05) is 29.9 Å². The van der Waals surface area contributed by atoms with Crippen LogP contribution in [0.3, 0.4) is 0 Å². The van der Waals surface area contributed by atoms with Gasteiger partial charge in [-0.3, -0.25) is 14.4 Å². The number of carbonyl (C=O) groups excluding carboxylic acids is 3. The van der Waals surface area contributed by atoms with E-state index < -0.39 is 12.0 Å². The van der Waals surface area contributed by atoms with Crippen LogP contribution < -0.4 is 20.3 Å². The summed E-state index contributed by atoms with van der Waals surface area (Å²) in [6, 6.07) is 14.3. The number of rotatable bonds is 8. The normalized spacial score (nSPS) is 16.7. The largest absolute Gasteiger partial charge is 0.484 e. The molecule has 0 unspecified atom stereocenters. The molecule has 31 heavy (non-hydrogen) atoms. The third kappa shape index (κ3) is 6.29. The van der Waals surface area contributed by atoms with Crippen LogP contribution in [0.25, 0.3) is 0 Å². The highest BCUT2D eigenvalue weighted by Gasteiger charge is 2.35. The highest BCUT2D eigenvalue weighted by molar-refractivity contribution is 6.00. The Labute approximate surface area is 181 Å². The molecule has 0 aromatic heterocycles. The average molecular weight is 425 g/mol. The molecule has 0 radical (unpaired) electrons. The van der Waals surface area contributed by atoms with E-state index in [1.165, 1.54) is 0 Å². The molecule has 3 rings (SSSR count). The summed E-state index contributed by atoms with van der Waals surface area (Å²) in [4.78, 5) is 38.1. The molecule has 2 aromatic rings. The van der Waals surface area contributed by atoms with Crippen molar-refractivity contribution >= 4 is 29.1 Å². The minimum atomic E-state index is -0.636. The number of nitrogens with one attached hydrogen (secondary N) is 2. The van der Waals surface area contributed by atoms with Gasteiger partial charge in [0.25, 0.3) is 5.91 Å². The van der Waals surface area contributed by atoms with Crippen molar-refractivity contribution in [3.8, 4) is 5.75 Å². The predicted octanol–water partition coefficient (Wildman–Crippen LogP) is 1.86. The molecule has 0 spiro atoms. The Kier molecular flexibility index (Phi) is 7.25. The zero-order chi connectivity index (χ0) is 22.4. The van der Waals surface area contributed by atoms with E-state index in [0.29, 0.717) is 17.1 Å². The lowest BCUT2D eigenvalue weighted by molar-refractivity contribution is -0.126. The van der Waals surface area contributed by atoms with Gasteiger partial charge in [-0.2, -0.15) is 0 Å². The molecule has 1 aliphatic rings. The Morgan fingerprint density at radius 1 is 1.23 bits per heavy atom. The minimum absolute atomic E-state index is 0.128. The van der Waals surface area contributed by atoms with Gasteiger partial charge in [-0.05, 0) is 55.8 Å². The monoisotopic (exact) mass is 425 g/mol. The summed E-state index contributed by atoms with van der Waals surface area (Å²) in [7, 11) is 0. The molecule has 1 heterocycles. The Morgan fingerprint density at radius 3 is 2.65 bits per heavy atom. The molecule has 1 fully saturated rings. The van der Waals surface area contributed by atoms with E-state index in [4.69, 9.17) is 4.74 Å². The number of nitrogens with zero attached hydrogens (tertiary/aromatic N) is 1. The second kappa shape index (κ2) is 10.1. The lowest BCUT2D eigenvalue weighted by atomic mass is 10.1. The zero-order valence-corrected chi connectivity index (χ0v) is 17.6. The number of benzene rings is 2. The van der Waals surface area contributed by atoms with Crippen LogP contribution in [0.4, 0.5) is 11.4 Å². The Hall–Kier alpha value is -3.39. The molecule has 3 amide bonds. The summed E-state index contributed by atoms with van der Waals surface area (Å²) in [5, 5.41) is 14.7. The van der Waals surface area contributed by atoms with Crippen molar-refractivity contribution in [1.82, 2.24) is 5.32 Å². The molecule has 8 heteroatoms. The van der Waals surface area contributed by atoms with Crippen LogP contribution >= 0.6 is 0 Å². The standard InChI is InChI=1S/C23H27N3O5/c1-15-4-3-5-18(10-15)25-21(28)14-31-20-8-6-19(7-9-20)26-13-17(11-22(26)29)23(30)24-12-16(2)27/h3-10,16-17,27H,11-14H2,1-2H3,(H,24,30)(H,25,28)/t16-,17+/m1/s1. The summed E-state index contributed by atoms with van der Waals surface area (Å²) < 4.78 is 5.53. The molecule has 0 aliphatic carbocycles. The molecule has 1 aliphatic heterocycles. The number of hydrogen-bond donors (Lipinski definition) is 3.